The van der Waals surface area contributed by atoms with E-state index in [1.54, 1.807) is 12.1 Å². The summed E-state index contributed by atoms with van der Waals surface area (Å²) in [5.41, 5.74) is -1.75. The molecule has 0 atom stereocenters. The summed E-state index contributed by atoms with van der Waals surface area (Å²) in [5, 5.41) is 40.3. The molecular formula is C28H27N7O12S3. The van der Waals surface area contributed by atoms with Crippen molar-refractivity contribution in [2.45, 2.75) is 21.6 Å². The second-order valence-electron chi connectivity index (χ2n) is 10.5. The summed E-state index contributed by atoms with van der Waals surface area (Å²) < 4.78 is 104. The molecule has 4 aromatic carbocycles. The SMILES string of the molecule is Cc1nc(Nc2cc(S(=O)(=O)O)cc3cc(S(=O)(=O)O)c(N=Nc4ccc5ccccc5c4S(=O)(=O)O)c(O)c23)nc(N(CCO)CCO)n1. The number of aliphatic hydroxyl groups is 2. The zero-order valence-corrected chi connectivity index (χ0v) is 28.0. The van der Waals surface area contributed by atoms with Crippen molar-refractivity contribution in [3.63, 3.8) is 0 Å². The Balaban J connectivity index is 1.78. The van der Waals surface area contributed by atoms with Crippen LogP contribution in [-0.2, 0) is 30.4 Å². The van der Waals surface area contributed by atoms with Crippen molar-refractivity contribution in [3.8, 4) is 5.75 Å². The van der Waals surface area contributed by atoms with Gasteiger partial charge >= 0.3 is 0 Å². The Morgan fingerprint density at radius 1 is 0.780 bits per heavy atom. The average molecular weight is 750 g/mol. The van der Waals surface area contributed by atoms with Crippen LogP contribution in [-0.4, -0.2) is 95.5 Å². The van der Waals surface area contributed by atoms with Gasteiger partial charge in [-0.3, -0.25) is 13.7 Å². The van der Waals surface area contributed by atoms with Gasteiger partial charge in [0.05, 0.1) is 23.8 Å². The summed E-state index contributed by atoms with van der Waals surface area (Å²) in [6, 6.07) is 11.0. The molecule has 0 aliphatic carbocycles. The number of aromatic nitrogens is 3. The van der Waals surface area contributed by atoms with Crippen molar-refractivity contribution < 1.29 is 54.2 Å². The van der Waals surface area contributed by atoms with Crippen LogP contribution in [0.5, 0.6) is 5.75 Å². The van der Waals surface area contributed by atoms with Gasteiger partial charge in [-0.2, -0.15) is 40.2 Å². The lowest BCUT2D eigenvalue weighted by atomic mass is 10.1. The zero-order valence-electron chi connectivity index (χ0n) is 25.6. The van der Waals surface area contributed by atoms with Gasteiger partial charge in [-0.25, -0.2) is 0 Å². The van der Waals surface area contributed by atoms with Crippen molar-refractivity contribution in [2.24, 2.45) is 10.2 Å². The molecule has 7 N–H and O–H groups in total. The number of rotatable bonds is 12. The number of phenols is 1. The number of phenolic OH excluding ortho intramolecular Hbond substituents is 1. The molecule has 5 rings (SSSR count). The maximum Gasteiger partial charge on any atom is 0.297 e. The Morgan fingerprint density at radius 2 is 1.46 bits per heavy atom. The van der Waals surface area contributed by atoms with Crippen LogP contribution in [0.15, 0.2) is 79.5 Å². The Morgan fingerprint density at radius 3 is 2.08 bits per heavy atom. The average Bonchev–Trinajstić information content (AvgIpc) is 3.01. The van der Waals surface area contributed by atoms with Crippen LogP contribution in [0.4, 0.5) is 29.0 Å². The second-order valence-corrected chi connectivity index (χ2v) is 14.6. The van der Waals surface area contributed by atoms with Crippen LogP contribution in [0.1, 0.15) is 5.82 Å². The van der Waals surface area contributed by atoms with Crippen LogP contribution in [0, 0.1) is 6.92 Å². The van der Waals surface area contributed by atoms with Crippen molar-refractivity contribution in [2.75, 3.05) is 36.5 Å². The number of hydrogen-bond donors (Lipinski definition) is 7. The number of fused-ring (bicyclic) bond motifs is 2. The summed E-state index contributed by atoms with van der Waals surface area (Å²) in [4.78, 5) is 11.4. The maximum atomic E-state index is 12.5. The van der Waals surface area contributed by atoms with E-state index in [2.05, 4.69) is 30.5 Å². The number of benzene rings is 4. The van der Waals surface area contributed by atoms with Crippen LogP contribution >= 0.6 is 0 Å². The van der Waals surface area contributed by atoms with Crippen molar-refractivity contribution in [3.05, 3.63) is 60.4 Å². The molecule has 0 saturated carbocycles. The highest BCUT2D eigenvalue weighted by Crippen LogP contribution is 2.46. The van der Waals surface area contributed by atoms with Gasteiger partial charge in [0.25, 0.3) is 30.4 Å². The first kappa shape index (κ1) is 36.3. The minimum Gasteiger partial charge on any atom is -0.505 e. The summed E-state index contributed by atoms with van der Waals surface area (Å²) >= 11 is 0. The highest BCUT2D eigenvalue weighted by molar-refractivity contribution is 7.86. The molecule has 0 aliphatic rings. The fourth-order valence-corrected chi connectivity index (χ4v) is 7.06. The van der Waals surface area contributed by atoms with Gasteiger partial charge < -0.3 is 25.5 Å². The molecule has 50 heavy (non-hydrogen) atoms. The van der Waals surface area contributed by atoms with Crippen molar-refractivity contribution in [1.29, 1.82) is 0 Å². The second kappa shape index (κ2) is 13.8. The van der Waals surface area contributed by atoms with Gasteiger partial charge in [-0.15, -0.1) is 10.2 Å². The fourth-order valence-electron chi connectivity index (χ4n) is 5.02. The summed E-state index contributed by atoms with van der Waals surface area (Å²) in [5.74, 6) is -1.19. The van der Waals surface area contributed by atoms with E-state index >= 15 is 0 Å². The molecule has 0 aliphatic heterocycles. The first-order valence-corrected chi connectivity index (χ1v) is 18.4. The first-order chi connectivity index (χ1) is 23.4. The number of aryl methyl sites for hydroxylation is 1. The van der Waals surface area contributed by atoms with Gasteiger partial charge in [0, 0.05) is 23.9 Å². The minimum atomic E-state index is -5.27. The van der Waals surface area contributed by atoms with Gasteiger partial charge in [-0.1, -0.05) is 30.3 Å². The summed E-state index contributed by atoms with van der Waals surface area (Å²) in [6.45, 7) is 0.825. The number of hydrogen-bond acceptors (Lipinski definition) is 16. The quantitative estimate of drug-likeness (QED) is 0.0712. The van der Waals surface area contributed by atoms with Gasteiger partial charge in [-0.05, 0) is 42.0 Å². The molecule has 19 nitrogen and oxygen atoms in total. The normalized spacial score (nSPS) is 12.6. The third kappa shape index (κ3) is 7.61. The molecule has 264 valence electrons. The number of azo groups is 1. The number of aliphatic hydroxyl groups excluding tert-OH is 2. The Labute approximate surface area is 283 Å². The number of nitrogens with one attached hydrogen (secondary N) is 1. The molecule has 1 aromatic heterocycles. The van der Waals surface area contributed by atoms with E-state index in [1.165, 1.54) is 30.0 Å². The largest absolute Gasteiger partial charge is 0.505 e. The molecule has 0 bridgehead atoms. The van der Waals surface area contributed by atoms with E-state index in [0.29, 0.717) is 5.39 Å². The molecule has 0 fully saturated rings. The van der Waals surface area contributed by atoms with Gasteiger partial charge in [0.15, 0.2) is 5.75 Å². The number of aromatic hydroxyl groups is 1. The third-order valence-corrected chi connectivity index (χ3v) is 9.72. The lowest BCUT2D eigenvalue weighted by Gasteiger charge is -2.21. The smallest absolute Gasteiger partial charge is 0.297 e. The van der Waals surface area contributed by atoms with Crippen LogP contribution in [0.25, 0.3) is 21.5 Å². The lowest BCUT2D eigenvalue weighted by molar-refractivity contribution is 0.280. The predicted molar refractivity (Wildman–Crippen MR) is 177 cm³/mol. The highest BCUT2D eigenvalue weighted by Gasteiger charge is 2.27. The Hall–Kier alpha value is -4.94. The van der Waals surface area contributed by atoms with E-state index in [0.717, 1.165) is 24.3 Å². The first-order valence-electron chi connectivity index (χ1n) is 14.1. The minimum absolute atomic E-state index is 0.00862. The number of nitrogens with zero attached hydrogens (tertiary/aromatic N) is 6. The Kier molecular flexibility index (Phi) is 10.00. The van der Waals surface area contributed by atoms with Crippen LogP contribution < -0.4 is 10.2 Å². The molecule has 0 saturated heterocycles. The van der Waals surface area contributed by atoms with E-state index in [-0.39, 0.29) is 65.9 Å². The lowest BCUT2D eigenvalue weighted by Crippen LogP contribution is -2.31. The van der Waals surface area contributed by atoms with Gasteiger partial charge in [0.2, 0.25) is 11.9 Å². The summed E-state index contributed by atoms with van der Waals surface area (Å²) in [6.07, 6.45) is 0. The Bertz CT molecular complexity index is 2510. The predicted octanol–water partition coefficient (Wildman–Crippen LogP) is 2.88. The molecule has 0 spiro atoms. The van der Waals surface area contributed by atoms with Gasteiger partial charge in [0.1, 0.15) is 27.0 Å². The van der Waals surface area contributed by atoms with E-state index in [4.69, 9.17) is 0 Å². The van der Waals surface area contributed by atoms with Crippen LogP contribution in [0.3, 0.4) is 0 Å². The molecule has 0 amide bonds. The highest BCUT2D eigenvalue weighted by atomic mass is 32.2. The fraction of sp³-hybridized carbons (Fsp3) is 0.179. The topological polar surface area (TPSA) is 302 Å². The number of anilines is 3. The van der Waals surface area contributed by atoms with E-state index in [9.17, 15) is 54.2 Å². The third-order valence-electron chi connectivity index (χ3n) is 7.08. The molecular weight excluding hydrogens is 723 g/mol. The molecule has 22 heteroatoms. The van der Waals surface area contributed by atoms with Crippen molar-refractivity contribution >= 4 is 80.9 Å². The molecule has 5 aromatic rings. The monoisotopic (exact) mass is 749 g/mol. The van der Waals surface area contributed by atoms with Crippen LogP contribution in [0.2, 0.25) is 0 Å². The summed E-state index contributed by atoms with van der Waals surface area (Å²) in [7, 11) is -15.2. The molecule has 1 heterocycles. The zero-order chi connectivity index (χ0) is 36.6. The molecule has 0 unspecified atom stereocenters. The van der Waals surface area contributed by atoms with E-state index < -0.39 is 62.2 Å². The maximum absolute atomic E-state index is 12.5. The molecule has 0 radical (unpaired) electrons. The van der Waals surface area contributed by atoms with Crippen molar-refractivity contribution in [1.82, 2.24) is 15.0 Å². The van der Waals surface area contributed by atoms with E-state index in [1.807, 2.05) is 0 Å². The standard InChI is InChI=1S/C28H27N7O12S3/c1-15-29-27(32-28(30-15)35(8-10-36)9-11-37)31-21-14-18(48(39,40)41)12-17-13-22(49(42,43)44)24(25(38)23(17)21)34-33-20-7-6-16-4-2-3-5-19(16)26(20)50(45,46)47/h2-7,12-14,36-38H,8-11H2,1H3,(H,39,40,41)(H,42,43,44)(H,45,46,47)(H,29,30,31,32).